The van der Waals surface area contributed by atoms with E-state index in [1.807, 2.05) is 31.2 Å². The minimum Gasteiger partial charge on any atom is -0.454 e. The number of fused-ring (bicyclic) bond motifs is 1. The molecule has 0 saturated carbocycles. The Balaban J connectivity index is 1.56. The van der Waals surface area contributed by atoms with Crippen LogP contribution >= 0.6 is 0 Å². The third-order valence-corrected chi connectivity index (χ3v) is 4.57. The van der Waals surface area contributed by atoms with Crippen LogP contribution in [0.1, 0.15) is 22.6 Å². The topological polar surface area (TPSA) is 75.7 Å². The molecule has 0 aliphatic heterocycles. The van der Waals surface area contributed by atoms with Crippen LogP contribution in [0.3, 0.4) is 0 Å². The second kappa shape index (κ2) is 8.81. The molecule has 4 rings (SSSR count). The van der Waals surface area contributed by atoms with Gasteiger partial charge in [-0.3, -0.25) is 0 Å². The predicted molar refractivity (Wildman–Crippen MR) is 111 cm³/mol. The van der Waals surface area contributed by atoms with E-state index in [9.17, 15) is 17.6 Å². The van der Waals surface area contributed by atoms with E-state index in [0.29, 0.717) is 0 Å². The molecule has 0 unspecified atom stereocenters. The molecule has 2 aromatic carbocycles. The lowest BCUT2D eigenvalue weighted by Gasteiger charge is -2.11. The van der Waals surface area contributed by atoms with E-state index in [4.69, 9.17) is 4.74 Å². The van der Waals surface area contributed by atoms with Crippen molar-refractivity contribution in [3.05, 3.63) is 77.0 Å². The van der Waals surface area contributed by atoms with E-state index in [1.165, 1.54) is 12.1 Å². The lowest BCUT2D eigenvalue weighted by molar-refractivity contribution is -0.154. The van der Waals surface area contributed by atoms with Crippen molar-refractivity contribution in [2.45, 2.75) is 26.1 Å². The SMILES string of the molecule is Cc1cc2cc(Cc3nc(NCc4ccc(F)cc4)nc(OCC(F)(F)F)n3)ccc2[nH]1. The van der Waals surface area contributed by atoms with Gasteiger partial charge in [0.05, 0.1) is 0 Å². The Morgan fingerprint density at radius 1 is 0.969 bits per heavy atom. The van der Waals surface area contributed by atoms with Gasteiger partial charge >= 0.3 is 12.2 Å². The fourth-order valence-electron chi connectivity index (χ4n) is 3.17. The lowest BCUT2D eigenvalue weighted by Crippen LogP contribution is -2.21. The number of nitrogens with one attached hydrogen (secondary N) is 2. The molecular formula is C22H19F4N5O. The average molecular weight is 445 g/mol. The Bertz CT molecular complexity index is 1220. The Morgan fingerprint density at radius 2 is 1.72 bits per heavy atom. The van der Waals surface area contributed by atoms with Gasteiger partial charge in [-0.2, -0.15) is 28.1 Å². The van der Waals surface area contributed by atoms with Crippen LogP contribution in [0.15, 0.2) is 48.5 Å². The monoisotopic (exact) mass is 445 g/mol. The van der Waals surface area contributed by atoms with Crippen LogP contribution in [0.25, 0.3) is 10.9 Å². The summed E-state index contributed by atoms with van der Waals surface area (Å²) in [5.74, 6) is -0.0472. The molecule has 32 heavy (non-hydrogen) atoms. The van der Waals surface area contributed by atoms with Gasteiger partial charge in [0.1, 0.15) is 11.6 Å². The van der Waals surface area contributed by atoms with Crippen LogP contribution in [-0.4, -0.2) is 32.7 Å². The molecule has 0 spiro atoms. The molecular weight excluding hydrogens is 426 g/mol. The number of aromatic nitrogens is 4. The van der Waals surface area contributed by atoms with Crippen molar-refractivity contribution in [3.63, 3.8) is 0 Å². The van der Waals surface area contributed by atoms with Gasteiger partial charge < -0.3 is 15.0 Å². The molecule has 4 aromatic rings. The number of nitrogens with zero attached hydrogens (tertiary/aromatic N) is 3. The summed E-state index contributed by atoms with van der Waals surface area (Å²) in [6.07, 6.45) is -4.25. The molecule has 0 aliphatic carbocycles. The number of alkyl halides is 3. The molecule has 2 heterocycles. The zero-order valence-corrected chi connectivity index (χ0v) is 17.0. The van der Waals surface area contributed by atoms with E-state index in [0.717, 1.165) is 27.7 Å². The van der Waals surface area contributed by atoms with E-state index in [2.05, 4.69) is 25.3 Å². The third-order valence-electron chi connectivity index (χ3n) is 4.57. The highest BCUT2D eigenvalue weighted by Crippen LogP contribution is 2.20. The van der Waals surface area contributed by atoms with Crippen molar-refractivity contribution < 1.29 is 22.3 Å². The Kier molecular flexibility index (Phi) is 5.93. The quantitative estimate of drug-likeness (QED) is 0.394. The number of hydrogen-bond donors (Lipinski definition) is 2. The summed E-state index contributed by atoms with van der Waals surface area (Å²) in [6, 6.07) is 13.1. The van der Waals surface area contributed by atoms with E-state index in [1.54, 1.807) is 12.1 Å². The number of anilines is 1. The van der Waals surface area contributed by atoms with E-state index in [-0.39, 0.29) is 30.6 Å². The molecule has 10 heteroatoms. The zero-order chi connectivity index (χ0) is 22.7. The molecule has 0 fully saturated rings. The van der Waals surface area contributed by atoms with E-state index < -0.39 is 18.8 Å². The zero-order valence-electron chi connectivity index (χ0n) is 17.0. The first-order valence-corrected chi connectivity index (χ1v) is 9.74. The molecule has 0 aliphatic rings. The first kappa shape index (κ1) is 21.5. The molecule has 0 atom stereocenters. The molecule has 0 amide bonds. The van der Waals surface area contributed by atoms with Crippen molar-refractivity contribution in [1.29, 1.82) is 0 Å². The fraction of sp³-hybridized carbons (Fsp3) is 0.227. The Labute approximate surface area is 180 Å². The lowest BCUT2D eigenvalue weighted by atomic mass is 10.1. The van der Waals surface area contributed by atoms with Crippen LogP contribution in [0.2, 0.25) is 0 Å². The van der Waals surface area contributed by atoms with Gasteiger partial charge in [0.25, 0.3) is 0 Å². The molecule has 2 aromatic heterocycles. The maximum Gasteiger partial charge on any atom is 0.422 e. The number of aromatic amines is 1. The summed E-state index contributed by atoms with van der Waals surface area (Å²) in [4.78, 5) is 15.5. The van der Waals surface area contributed by atoms with Gasteiger partial charge in [0.15, 0.2) is 6.61 Å². The maximum absolute atomic E-state index is 13.1. The van der Waals surface area contributed by atoms with Crippen molar-refractivity contribution in [2.75, 3.05) is 11.9 Å². The van der Waals surface area contributed by atoms with Crippen molar-refractivity contribution in [1.82, 2.24) is 19.9 Å². The number of aryl methyl sites for hydroxylation is 1. The van der Waals surface area contributed by atoms with Gasteiger partial charge in [-0.05, 0) is 53.8 Å². The predicted octanol–water partition coefficient (Wildman–Crippen LogP) is 4.94. The van der Waals surface area contributed by atoms with Crippen molar-refractivity contribution in [3.8, 4) is 6.01 Å². The average Bonchev–Trinajstić information content (AvgIpc) is 3.10. The van der Waals surface area contributed by atoms with E-state index >= 15 is 0 Å². The highest BCUT2D eigenvalue weighted by molar-refractivity contribution is 5.81. The van der Waals surface area contributed by atoms with Gasteiger partial charge in [0, 0.05) is 24.2 Å². The second-order valence-electron chi connectivity index (χ2n) is 7.29. The van der Waals surface area contributed by atoms with Gasteiger partial charge in [-0.1, -0.05) is 18.2 Å². The molecule has 0 radical (unpaired) electrons. The Morgan fingerprint density at radius 3 is 2.47 bits per heavy atom. The second-order valence-corrected chi connectivity index (χ2v) is 7.29. The normalized spacial score (nSPS) is 11.7. The maximum atomic E-state index is 13.1. The van der Waals surface area contributed by atoms with Crippen LogP contribution < -0.4 is 10.1 Å². The summed E-state index contributed by atoms with van der Waals surface area (Å²) in [5.41, 5.74) is 3.64. The number of benzene rings is 2. The standard InChI is InChI=1S/C22H19F4N5O/c1-13-8-16-9-15(4-7-18(16)28-13)10-19-29-20(27-11-14-2-5-17(23)6-3-14)31-21(30-19)32-12-22(24,25)26/h2-9,28H,10-12H2,1H3,(H,27,29,30,31). The van der Waals surface area contributed by atoms with Crippen LogP contribution in [0, 0.1) is 12.7 Å². The fourth-order valence-corrected chi connectivity index (χ4v) is 3.17. The van der Waals surface area contributed by atoms with Crippen molar-refractivity contribution >= 4 is 16.9 Å². The van der Waals surface area contributed by atoms with Crippen LogP contribution in [0.4, 0.5) is 23.5 Å². The summed E-state index contributed by atoms with van der Waals surface area (Å²) in [7, 11) is 0. The van der Waals surface area contributed by atoms with Crippen LogP contribution in [0.5, 0.6) is 6.01 Å². The minimum absolute atomic E-state index is 0.0649. The van der Waals surface area contributed by atoms with Crippen molar-refractivity contribution in [2.24, 2.45) is 0 Å². The summed E-state index contributed by atoms with van der Waals surface area (Å²) in [6.45, 7) is 0.689. The molecule has 6 nitrogen and oxygen atoms in total. The summed E-state index contributed by atoms with van der Waals surface area (Å²) in [5, 5.41) is 3.94. The highest BCUT2D eigenvalue weighted by Gasteiger charge is 2.29. The summed E-state index contributed by atoms with van der Waals surface area (Å²) < 4.78 is 55.6. The number of H-pyrrole nitrogens is 1. The molecule has 0 saturated heterocycles. The highest BCUT2D eigenvalue weighted by atomic mass is 19.4. The largest absolute Gasteiger partial charge is 0.454 e. The first-order chi connectivity index (χ1) is 15.2. The molecule has 166 valence electrons. The molecule has 0 bridgehead atoms. The minimum atomic E-state index is -4.52. The Hall–Kier alpha value is -3.69. The smallest absolute Gasteiger partial charge is 0.422 e. The van der Waals surface area contributed by atoms with Gasteiger partial charge in [0.2, 0.25) is 5.95 Å². The number of hydrogen-bond acceptors (Lipinski definition) is 5. The number of rotatable bonds is 7. The third kappa shape index (κ3) is 5.71. The number of ether oxygens (including phenoxy) is 1. The van der Waals surface area contributed by atoms with Gasteiger partial charge in [-0.15, -0.1) is 0 Å². The van der Waals surface area contributed by atoms with Crippen LogP contribution in [-0.2, 0) is 13.0 Å². The first-order valence-electron chi connectivity index (χ1n) is 9.74. The molecule has 2 N–H and O–H groups in total. The summed E-state index contributed by atoms with van der Waals surface area (Å²) >= 11 is 0. The van der Waals surface area contributed by atoms with Gasteiger partial charge in [-0.25, -0.2) is 4.39 Å². The number of halogens is 4.